The highest BCUT2D eigenvalue weighted by Gasteiger charge is 2.42. The fourth-order valence-corrected chi connectivity index (χ4v) is 8.51. The Labute approximate surface area is 323 Å². The molecule has 0 unspecified atom stereocenters. The Balaban J connectivity index is 1.11. The highest BCUT2D eigenvalue weighted by atomic mass is 16.5. The first-order valence-electron chi connectivity index (χ1n) is 19.0. The van der Waals surface area contributed by atoms with E-state index < -0.39 is 0 Å². The van der Waals surface area contributed by atoms with E-state index in [0.717, 1.165) is 51.1 Å². The maximum absolute atomic E-state index is 6.84. The quantitative estimate of drug-likeness (QED) is 0.171. The van der Waals surface area contributed by atoms with Gasteiger partial charge < -0.3 is 14.5 Å². The lowest BCUT2D eigenvalue weighted by Crippen LogP contribution is -2.32. The molecule has 55 heavy (non-hydrogen) atoms. The van der Waals surface area contributed by atoms with Crippen LogP contribution in [0.25, 0.3) is 33.4 Å². The average molecular weight is 709 g/mol. The van der Waals surface area contributed by atoms with Crippen LogP contribution in [0.5, 0.6) is 11.5 Å². The van der Waals surface area contributed by atoms with E-state index in [1.165, 1.54) is 44.6 Å². The van der Waals surface area contributed by atoms with E-state index in [-0.39, 0.29) is 5.41 Å². The van der Waals surface area contributed by atoms with E-state index in [9.17, 15) is 0 Å². The number of nitrogens with zero attached hydrogens (tertiary/aromatic N) is 2. The van der Waals surface area contributed by atoms with Crippen molar-refractivity contribution in [3.63, 3.8) is 0 Å². The molecule has 264 valence electrons. The molecule has 0 atom stereocenters. The van der Waals surface area contributed by atoms with Gasteiger partial charge in [0.1, 0.15) is 0 Å². The van der Waals surface area contributed by atoms with E-state index in [0.29, 0.717) is 0 Å². The Kier molecular flexibility index (Phi) is 7.71. The number of ether oxygens (including phenoxy) is 1. The second-order valence-electron chi connectivity index (χ2n) is 15.1. The van der Waals surface area contributed by atoms with Gasteiger partial charge in [0.25, 0.3) is 0 Å². The molecule has 0 saturated carbocycles. The third-order valence-corrected chi connectivity index (χ3v) is 11.3. The van der Waals surface area contributed by atoms with Gasteiger partial charge in [0, 0.05) is 22.5 Å². The Bertz CT molecular complexity index is 2620. The Morgan fingerprint density at radius 1 is 0.418 bits per heavy atom. The lowest BCUT2D eigenvalue weighted by Gasteiger charge is -2.45. The number of aryl methyl sites for hydroxylation is 1. The van der Waals surface area contributed by atoms with E-state index in [2.05, 4.69) is 219 Å². The monoisotopic (exact) mass is 708 g/mol. The van der Waals surface area contributed by atoms with Crippen molar-refractivity contribution in [1.29, 1.82) is 0 Å². The lowest BCUT2D eigenvalue weighted by atomic mass is 9.72. The van der Waals surface area contributed by atoms with Crippen LogP contribution < -0.4 is 14.5 Å². The Morgan fingerprint density at radius 2 is 0.982 bits per heavy atom. The summed E-state index contributed by atoms with van der Waals surface area (Å²) in [7, 11) is 0. The van der Waals surface area contributed by atoms with Crippen molar-refractivity contribution in [3.05, 3.63) is 205 Å². The number of anilines is 6. The zero-order valence-corrected chi connectivity index (χ0v) is 31.2. The van der Waals surface area contributed by atoms with Crippen molar-refractivity contribution < 1.29 is 4.74 Å². The van der Waals surface area contributed by atoms with Gasteiger partial charge in [-0.15, -0.1) is 0 Å². The van der Waals surface area contributed by atoms with Gasteiger partial charge in [0.15, 0.2) is 11.5 Å². The summed E-state index contributed by atoms with van der Waals surface area (Å²) in [6.45, 7) is 6.85. The van der Waals surface area contributed by atoms with Gasteiger partial charge in [-0.3, -0.25) is 0 Å². The number of para-hydroxylation sites is 2. The first kappa shape index (κ1) is 32.8. The molecule has 3 heteroatoms. The molecule has 0 amide bonds. The number of rotatable bonds is 6. The zero-order chi connectivity index (χ0) is 37.1. The summed E-state index contributed by atoms with van der Waals surface area (Å²) in [6.07, 6.45) is 0. The topological polar surface area (TPSA) is 15.7 Å². The first-order chi connectivity index (χ1) is 26.9. The van der Waals surface area contributed by atoms with E-state index in [1.54, 1.807) is 0 Å². The van der Waals surface area contributed by atoms with Crippen molar-refractivity contribution >= 4 is 34.1 Å². The number of fused-ring (bicyclic) bond motifs is 4. The van der Waals surface area contributed by atoms with Crippen molar-refractivity contribution in [1.82, 2.24) is 0 Å². The maximum Gasteiger partial charge on any atom is 0.152 e. The summed E-state index contributed by atoms with van der Waals surface area (Å²) >= 11 is 0. The molecule has 0 N–H and O–H groups in total. The molecule has 0 radical (unpaired) electrons. The molecule has 2 heterocycles. The van der Waals surface area contributed by atoms with Crippen LogP contribution in [0, 0.1) is 6.92 Å². The SMILES string of the molecule is Cc1cccc2c1N1c3ccccc3C(C)(C)c3cc(-c4cccc(N(c5ccc(-c6ccccc6)cc5)c5ccc(-c6ccccc6)cc5)c4)cc(c31)O2. The van der Waals surface area contributed by atoms with Crippen LogP contribution in [0.1, 0.15) is 30.5 Å². The summed E-state index contributed by atoms with van der Waals surface area (Å²) in [4.78, 5) is 4.78. The minimum absolute atomic E-state index is 0.249. The molecule has 0 spiro atoms. The fourth-order valence-electron chi connectivity index (χ4n) is 8.51. The summed E-state index contributed by atoms with van der Waals surface area (Å²) < 4.78 is 6.84. The second kappa shape index (κ2) is 12.9. The number of benzene rings is 8. The van der Waals surface area contributed by atoms with Crippen LogP contribution in [0.2, 0.25) is 0 Å². The summed E-state index contributed by atoms with van der Waals surface area (Å²) in [5, 5.41) is 0. The molecule has 0 bridgehead atoms. The molecule has 8 aromatic rings. The van der Waals surface area contributed by atoms with Crippen LogP contribution >= 0.6 is 0 Å². The van der Waals surface area contributed by atoms with Gasteiger partial charge in [-0.2, -0.15) is 0 Å². The largest absolute Gasteiger partial charge is 0.453 e. The molecule has 0 aromatic heterocycles. The molecule has 10 rings (SSSR count). The van der Waals surface area contributed by atoms with Crippen molar-refractivity contribution in [2.75, 3.05) is 9.80 Å². The van der Waals surface area contributed by atoms with Gasteiger partial charge in [0.05, 0.1) is 17.1 Å². The molecule has 3 nitrogen and oxygen atoms in total. The van der Waals surface area contributed by atoms with Gasteiger partial charge in [-0.05, 0) is 118 Å². The van der Waals surface area contributed by atoms with Crippen LogP contribution in [0.3, 0.4) is 0 Å². The summed E-state index contributed by atoms with van der Waals surface area (Å²) in [5.41, 5.74) is 17.3. The van der Waals surface area contributed by atoms with Crippen molar-refractivity contribution in [2.45, 2.75) is 26.2 Å². The number of hydrogen-bond acceptors (Lipinski definition) is 3. The smallest absolute Gasteiger partial charge is 0.152 e. The highest BCUT2D eigenvalue weighted by molar-refractivity contribution is 5.96. The molecule has 2 aliphatic heterocycles. The average Bonchev–Trinajstić information content (AvgIpc) is 3.23. The molecular weight excluding hydrogens is 669 g/mol. The first-order valence-corrected chi connectivity index (χ1v) is 19.0. The third-order valence-electron chi connectivity index (χ3n) is 11.3. The second-order valence-corrected chi connectivity index (χ2v) is 15.1. The summed E-state index contributed by atoms with van der Waals surface area (Å²) in [5.74, 6) is 1.76. The standard InChI is InChI=1S/C52H40N2O/c1-35-14-12-23-48-50(35)54-47-22-11-10-21-45(47)52(2,3)46-33-41(34-49(55-48)51(46)54)40-19-13-20-44(32-40)53(42-28-24-38(25-29-42)36-15-6-4-7-16-36)43-30-26-39(27-31-43)37-17-8-5-9-18-37/h4-34H,1-3H3. The predicted molar refractivity (Wildman–Crippen MR) is 229 cm³/mol. The zero-order valence-electron chi connectivity index (χ0n) is 31.2. The van der Waals surface area contributed by atoms with Gasteiger partial charge >= 0.3 is 0 Å². The van der Waals surface area contributed by atoms with Crippen molar-refractivity contribution in [3.8, 4) is 44.9 Å². The van der Waals surface area contributed by atoms with Crippen LogP contribution in [0.4, 0.5) is 34.1 Å². The van der Waals surface area contributed by atoms with E-state index in [4.69, 9.17) is 4.74 Å². The summed E-state index contributed by atoms with van der Waals surface area (Å²) in [6, 6.07) is 67.6. The minimum atomic E-state index is -0.249. The molecule has 0 aliphatic carbocycles. The van der Waals surface area contributed by atoms with Crippen LogP contribution in [-0.4, -0.2) is 0 Å². The molecule has 8 aromatic carbocycles. The van der Waals surface area contributed by atoms with Gasteiger partial charge in [-0.25, -0.2) is 0 Å². The molecular formula is C52H40N2O. The van der Waals surface area contributed by atoms with E-state index >= 15 is 0 Å². The Hall–Kier alpha value is -6.84. The third kappa shape index (κ3) is 5.51. The van der Waals surface area contributed by atoms with Crippen LogP contribution in [0.15, 0.2) is 188 Å². The van der Waals surface area contributed by atoms with Crippen molar-refractivity contribution in [2.24, 2.45) is 0 Å². The fraction of sp³-hybridized carbons (Fsp3) is 0.0769. The predicted octanol–water partition coefficient (Wildman–Crippen LogP) is 14.7. The van der Waals surface area contributed by atoms with Gasteiger partial charge in [-0.1, -0.05) is 141 Å². The minimum Gasteiger partial charge on any atom is -0.453 e. The number of hydrogen-bond donors (Lipinski definition) is 0. The maximum atomic E-state index is 6.84. The van der Waals surface area contributed by atoms with Crippen LogP contribution in [-0.2, 0) is 5.41 Å². The van der Waals surface area contributed by atoms with Gasteiger partial charge in [0.2, 0.25) is 0 Å². The molecule has 2 aliphatic rings. The highest BCUT2D eigenvalue weighted by Crippen LogP contribution is 2.61. The molecule has 0 fully saturated rings. The lowest BCUT2D eigenvalue weighted by molar-refractivity contribution is 0.471. The van der Waals surface area contributed by atoms with E-state index in [1.807, 2.05) is 0 Å². The Morgan fingerprint density at radius 3 is 1.64 bits per heavy atom. The normalized spacial score (nSPS) is 13.3. The molecule has 0 saturated heterocycles.